The molecule has 0 aromatic heterocycles. The molecule has 0 unspecified atom stereocenters. The van der Waals surface area contributed by atoms with E-state index in [1.54, 1.807) is 0 Å². The zero-order valence-electron chi connectivity index (χ0n) is 5.37. The van der Waals surface area contributed by atoms with Crippen molar-refractivity contribution in [3.05, 3.63) is 33.3 Å². The van der Waals surface area contributed by atoms with E-state index in [4.69, 9.17) is 17.3 Å². The van der Waals surface area contributed by atoms with Crippen LogP contribution in [0.3, 0.4) is 0 Å². The maximum absolute atomic E-state index is 10.2. The highest BCUT2D eigenvalue weighted by molar-refractivity contribution is 6.33. The summed E-state index contributed by atoms with van der Waals surface area (Å²) in [6.07, 6.45) is 0. The van der Waals surface area contributed by atoms with Crippen LogP contribution >= 0.6 is 11.6 Å². The molecule has 1 radical (unpaired) electrons. The standard InChI is InChI=1S/C6H4ClN2O2/c7-5-3-4(9(10)11)1-2-6(5)8/h1-3,8H. The Morgan fingerprint density at radius 1 is 1.55 bits per heavy atom. The first kappa shape index (κ1) is 7.81. The van der Waals surface area contributed by atoms with Crippen LogP contribution in [0.5, 0.6) is 0 Å². The van der Waals surface area contributed by atoms with Crippen LogP contribution in [0.15, 0.2) is 18.2 Å². The fourth-order valence-electron chi connectivity index (χ4n) is 0.618. The lowest BCUT2D eigenvalue weighted by atomic mass is 10.3. The maximum Gasteiger partial charge on any atom is 0.271 e. The lowest BCUT2D eigenvalue weighted by Gasteiger charge is -1.94. The van der Waals surface area contributed by atoms with Gasteiger partial charge in [0.05, 0.1) is 15.6 Å². The first-order valence-electron chi connectivity index (χ1n) is 2.77. The number of nitro benzene ring substituents is 1. The summed E-state index contributed by atoms with van der Waals surface area (Å²) in [6.45, 7) is 0. The minimum Gasteiger partial charge on any atom is -0.299 e. The molecule has 4 nitrogen and oxygen atoms in total. The summed E-state index contributed by atoms with van der Waals surface area (Å²) in [4.78, 5) is 9.60. The van der Waals surface area contributed by atoms with Crippen LogP contribution in [-0.4, -0.2) is 4.92 Å². The molecule has 0 saturated carbocycles. The van der Waals surface area contributed by atoms with Crippen molar-refractivity contribution in [2.24, 2.45) is 0 Å². The van der Waals surface area contributed by atoms with Gasteiger partial charge in [0, 0.05) is 12.1 Å². The molecule has 0 spiro atoms. The van der Waals surface area contributed by atoms with Gasteiger partial charge >= 0.3 is 0 Å². The van der Waals surface area contributed by atoms with Gasteiger partial charge in [0.15, 0.2) is 0 Å². The molecule has 57 valence electrons. The van der Waals surface area contributed by atoms with Crippen molar-refractivity contribution in [1.29, 1.82) is 0 Å². The molecular formula is C6H4ClN2O2. The minimum absolute atomic E-state index is 0.0917. The number of nitro groups is 1. The van der Waals surface area contributed by atoms with Crippen LogP contribution < -0.4 is 5.73 Å². The van der Waals surface area contributed by atoms with Crippen LogP contribution in [-0.2, 0) is 0 Å². The molecule has 1 rings (SSSR count). The quantitative estimate of drug-likeness (QED) is 0.480. The largest absolute Gasteiger partial charge is 0.299 e. The second-order valence-electron chi connectivity index (χ2n) is 1.92. The summed E-state index contributed by atoms with van der Waals surface area (Å²) in [5.41, 5.74) is 7.11. The Morgan fingerprint density at radius 2 is 2.18 bits per heavy atom. The predicted octanol–water partition coefficient (Wildman–Crippen LogP) is 2.16. The Balaban J connectivity index is 3.15. The molecule has 0 aliphatic heterocycles. The molecule has 0 atom stereocenters. The average Bonchev–Trinajstić information content (AvgIpc) is 1.94. The van der Waals surface area contributed by atoms with Gasteiger partial charge in [0.2, 0.25) is 0 Å². The second-order valence-corrected chi connectivity index (χ2v) is 2.33. The Bertz CT molecular complexity index is 301. The van der Waals surface area contributed by atoms with Crippen molar-refractivity contribution in [1.82, 2.24) is 5.73 Å². The molecule has 5 heteroatoms. The highest BCUT2D eigenvalue weighted by Crippen LogP contribution is 2.24. The molecule has 0 aliphatic rings. The van der Waals surface area contributed by atoms with Crippen LogP contribution in [0.25, 0.3) is 0 Å². The van der Waals surface area contributed by atoms with Crippen molar-refractivity contribution >= 4 is 23.0 Å². The van der Waals surface area contributed by atoms with E-state index in [-0.39, 0.29) is 16.4 Å². The van der Waals surface area contributed by atoms with E-state index < -0.39 is 4.92 Å². The SMILES string of the molecule is [NH]c1ccc([N+](=O)[O-])cc1Cl. The van der Waals surface area contributed by atoms with Crippen molar-refractivity contribution in [2.45, 2.75) is 0 Å². The highest BCUT2D eigenvalue weighted by atomic mass is 35.5. The molecule has 1 aromatic rings. The zero-order chi connectivity index (χ0) is 8.43. The third-order valence-corrected chi connectivity index (χ3v) is 1.48. The topological polar surface area (TPSA) is 66.9 Å². The Kier molecular flexibility index (Phi) is 1.96. The average molecular weight is 172 g/mol. The smallest absolute Gasteiger partial charge is 0.271 e. The summed E-state index contributed by atoms with van der Waals surface area (Å²) in [5, 5.41) is 10.2. The van der Waals surface area contributed by atoms with E-state index in [0.717, 1.165) is 6.07 Å². The van der Waals surface area contributed by atoms with Crippen LogP contribution in [0.1, 0.15) is 0 Å². The van der Waals surface area contributed by atoms with Gasteiger partial charge in [0.25, 0.3) is 5.69 Å². The lowest BCUT2D eigenvalue weighted by molar-refractivity contribution is -0.384. The molecule has 11 heavy (non-hydrogen) atoms. The van der Waals surface area contributed by atoms with Crippen LogP contribution in [0.2, 0.25) is 5.02 Å². The zero-order valence-corrected chi connectivity index (χ0v) is 6.13. The summed E-state index contributed by atoms with van der Waals surface area (Å²) in [6, 6.07) is 3.69. The van der Waals surface area contributed by atoms with E-state index in [1.807, 2.05) is 0 Å². The van der Waals surface area contributed by atoms with E-state index in [2.05, 4.69) is 0 Å². The van der Waals surface area contributed by atoms with Gasteiger partial charge in [0.1, 0.15) is 0 Å². The van der Waals surface area contributed by atoms with Gasteiger partial charge in [-0.2, -0.15) is 0 Å². The van der Waals surface area contributed by atoms with E-state index in [1.165, 1.54) is 12.1 Å². The van der Waals surface area contributed by atoms with Crippen molar-refractivity contribution in [3.63, 3.8) is 0 Å². The predicted molar refractivity (Wildman–Crippen MR) is 40.9 cm³/mol. The summed E-state index contributed by atoms with van der Waals surface area (Å²) in [7, 11) is 0. The molecule has 0 bridgehead atoms. The van der Waals surface area contributed by atoms with Crippen LogP contribution in [0, 0.1) is 10.1 Å². The van der Waals surface area contributed by atoms with Crippen molar-refractivity contribution in [2.75, 3.05) is 0 Å². The Labute approximate surface area is 67.7 Å². The van der Waals surface area contributed by atoms with Gasteiger partial charge in [-0.1, -0.05) is 11.6 Å². The highest BCUT2D eigenvalue weighted by Gasteiger charge is 2.06. The van der Waals surface area contributed by atoms with Crippen molar-refractivity contribution in [3.8, 4) is 0 Å². The Morgan fingerprint density at radius 3 is 2.64 bits per heavy atom. The molecule has 0 aliphatic carbocycles. The van der Waals surface area contributed by atoms with Gasteiger partial charge in [-0.05, 0) is 6.07 Å². The number of nitrogens with zero attached hydrogens (tertiary/aromatic N) is 1. The number of halogens is 1. The normalized spacial score (nSPS) is 9.55. The maximum atomic E-state index is 10.2. The van der Waals surface area contributed by atoms with Gasteiger partial charge < -0.3 is 0 Å². The van der Waals surface area contributed by atoms with E-state index in [0.29, 0.717) is 0 Å². The summed E-state index contributed by atoms with van der Waals surface area (Å²) < 4.78 is 0. The number of benzene rings is 1. The Hall–Kier alpha value is -1.29. The lowest BCUT2D eigenvalue weighted by Crippen LogP contribution is -1.86. The molecular weight excluding hydrogens is 168 g/mol. The van der Waals surface area contributed by atoms with Gasteiger partial charge in [-0.25, -0.2) is 0 Å². The van der Waals surface area contributed by atoms with E-state index >= 15 is 0 Å². The first-order valence-corrected chi connectivity index (χ1v) is 3.14. The third kappa shape index (κ3) is 1.59. The van der Waals surface area contributed by atoms with Crippen LogP contribution in [0.4, 0.5) is 11.4 Å². The molecule has 1 N–H and O–H groups in total. The molecule has 1 aromatic carbocycles. The molecule has 0 saturated heterocycles. The number of non-ortho nitro benzene ring substituents is 1. The fraction of sp³-hybridized carbons (Fsp3) is 0. The monoisotopic (exact) mass is 171 g/mol. The number of hydrogen-bond acceptors (Lipinski definition) is 2. The van der Waals surface area contributed by atoms with Crippen molar-refractivity contribution < 1.29 is 4.92 Å². The van der Waals surface area contributed by atoms with Gasteiger partial charge in [-0.3, -0.25) is 15.8 Å². The van der Waals surface area contributed by atoms with Gasteiger partial charge in [-0.15, -0.1) is 0 Å². The number of nitrogens with one attached hydrogen (secondary N) is 1. The summed E-state index contributed by atoms with van der Waals surface area (Å²) >= 11 is 5.47. The fourth-order valence-corrected chi connectivity index (χ4v) is 0.792. The summed E-state index contributed by atoms with van der Waals surface area (Å²) in [5.74, 6) is 0. The molecule has 0 amide bonds. The third-order valence-electron chi connectivity index (χ3n) is 1.16. The van der Waals surface area contributed by atoms with E-state index in [9.17, 15) is 10.1 Å². The number of rotatable bonds is 1. The molecule has 0 fully saturated rings. The minimum atomic E-state index is -0.550. The molecule has 0 heterocycles. The second kappa shape index (κ2) is 2.75. The number of hydrogen-bond donors (Lipinski definition) is 0. The first-order chi connectivity index (χ1) is 5.11.